The van der Waals surface area contributed by atoms with Gasteiger partial charge in [0.1, 0.15) is 17.7 Å². The van der Waals surface area contributed by atoms with Crippen molar-refractivity contribution >= 4 is 17.6 Å². The van der Waals surface area contributed by atoms with Gasteiger partial charge in [-0.15, -0.1) is 0 Å². The van der Waals surface area contributed by atoms with E-state index in [1.165, 1.54) is 0 Å². The summed E-state index contributed by atoms with van der Waals surface area (Å²) >= 11 is 0. The van der Waals surface area contributed by atoms with E-state index in [1.807, 2.05) is 6.07 Å². The Morgan fingerprint density at radius 1 is 1.12 bits per heavy atom. The van der Waals surface area contributed by atoms with Crippen LogP contribution in [0.1, 0.15) is 30.0 Å². The zero-order chi connectivity index (χ0) is 18.1. The third-order valence-corrected chi connectivity index (χ3v) is 5.15. The summed E-state index contributed by atoms with van der Waals surface area (Å²) in [5, 5.41) is 9.27. The zero-order valence-electron chi connectivity index (χ0n) is 14.5. The Labute approximate surface area is 152 Å². The summed E-state index contributed by atoms with van der Waals surface area (Å²) in [4.78, 5) is 17.6. The van der Waals surface area contributed by atoms with Crippen LogP contribution in [-0.4, -0.2) is 47.2 Å². The molecule has 1 saturated heterocycles. The van der Waals surface area contributed by atoms with E-state index < -0.39 is 0 Å². The zero-order valence-corrected chi connectivity index (χ0v) is 14.5. The highest BCUT2D eigenvalue weighted by Gasteiger charge is 2.30. The Kier molecular flexibility index (Phi) is 4.31. The van der Waals surface area contributed by atoms with Crippen LogP contribution >= 0.6 is 0 Å². The van der Waals surface area contributed by atoms with Crippen molar-refractivity contribution in [1.82, 2.24) is 15.0 Å². The smallest absolute Gasteiger partial charge is 0.222 e. The number of piperazine rings is 1. The van der Waals surface area contributed by atoms with Gasteiger partial charge in [0.15, 0.2) is 0 Å². The number of anilines is 3. The first-order valence-electron chi connectivity index (χ1n) is 8.89. The molecule has 0 atom stereocenters. The molecule has 8 heteroatoms. The lowest BCUT2D eigenvalue weighted by atomic mass is 9.78. The molecule has 2 aromatic rings. The Hall–Kier alpha value is -2.92. The van der Waals surface area contributed by atoms with Crippen LogP contribution in [0.2, 0.25) is 0 Å². The third kappa shape index (κ3) is 3.13. The van der Waals surface area contributed by atoms with Crippen LogP contribution in [0.3, 0.4) is 0 Å². The molecule has 4 N–H and O–H groups in total. The minimum absolute atomic E-state index is 0.274. The average molecular weight is 350 g/mol. The molecule has 1 aliphatic heterocycles. The number of hydrogen-bond acceptors (Lipinski definition) is 8. The lowest BCUT2D eigenvalue weighted by Crippen LogP contribution is -2.47. The van der Waals surface area contributed by atoms with Crippen LogP contribution < -0.4 is 21.3 Å². The second-order valence-electron chi connectivity index (χ2n) is 6.90. The lowest BCUT2D eigenvalue weighted by molar-refractivity contribution is 0.345. The Morgan fingerprint density at radius 3 is 2.54 bits per heavy atom. The highest BCUT2D eigenvalue weighted by Crippen LogP contribution is 2.36. The van der Waals surface area contributed by atoms with Gasteiger partial charge in [-0.05, 0) is 25.0 Å². The first-order chi connectivity index (χ1) is 12.6. The van der Waals surface area contributed by atoms with Gasteiger partial charge in [0.25, 0.3) is 0 Å². The van der Waals surface area contributed by atoms with E-state index in [-0.39, 0.29) is 6.04 Å². The van der Waals surface area contributed by atoms with Crippen molar-refractivity contribution < 1.29 is 0 Å². The molecule has 2 aromatic heterocycles. The minimum Gasteiger partial charge on any atom is -0.368 e. The van der Waals surface area contributed by atoms with Crippen LogP contribution in [0, 0.1) is 11.3 Å². The fraction of sp³-hybridized carbons (Fsp3) is 0.444. The molecule has 0 radical (unpaired) electrons. The molecule has 0 amide bonds. The Bertz CT molecular complexity index is 831. The van der Waals surface area contributed by atoms with Crippen molar-refractivity contribution in [1.29, 1.82) is 5.26 Å². The number of nitrogen functional groups attached to an aromatic ring is 1. The van der Waals surface area contributed by atoms with E-state index in [0.29, 0.717) is 17.4 Å². The number of nitriles is 1. The standard InChI is InChI=1S/C18H22N8/c19-11-12-2-1-3-22-17(12)26-6-4-25(5-7-26)16-10-15(23-18(21)24-16)13-8-14(20)9-13/h1-3,10,13-14H,4-9,20H2,(H2,21,23,24). The van der Waals surface area contributed by atoms with Gasteiger partial charge in [-0.3, -0.25) is 0 Å². The van der Waals surface area contributed by atoms with Crippen molar-refractivity contribution in [2.24, 2.45) is 5.73 Å². The fourth-order valence-corrected chi connectivity index (χ4v) is 3.63. The van der Waals surface area contributed by atoms with Crippen molar-refractivity contribution in [3.8, 4) is 6.07 Å². The fourth-order valence-electron chi connectivity index (χ4n) is 3.63. The van der Waals surface area contributed by atoms with Gasteiger partial charge < -0.3 is 21.3 Å². The highest BCUT2D eigenvalue weighted by atomic mass is 15.3. The van der Waals surface area contributed by atoms with Gasteiger partial charge in [0, 0.05) is 50.4 Å². The van der Waals surface area contributed by atoms with Crippen LogP contribution in [0.25, 0.3) is 0 Å². The van der Waals surface area contributed by atoms with E-state index in [0.717, 1.165) is 56.4 Å². The van der Waals surface area contributed by atoms with E-state index >= 15 is 0 Å². The predicted molar refractivity (Wildman–Crippen MR) is 99.8 cm³/mol. The molecule has 2 fully saturated rings. The number of nitrogens with zero attached hydrogens (tertiary/aromatic N) is 6. The molecule has 8 nitrogen and oxygen atoms in total. The molecule has 26 heavy (non-hydrogen) atoms. The average Bonchev–Trinajstić information content (AvgIpc) is 2.65. The first kappa shape index (κ1) is 16.5. The quantitative estimate of drug-likeness (QED) is 0.836. The van der Waals surface area contributed by atoms with Gasteiger partial charge in [-0.2, -0.15) is 10.2 Å². The number of pyridine rings is 1. The molecule has 0 bridgehead atoms. The molecule has 0 aromatic carbocycles. The summed E-state index contributed by atoms with van der Waals surface area (Å²) < 4.78 is 0. The van der Waals surface area contributed by atoms with Crippen molar-refractivity contribution in [3.63, 3.8) is 0 Å². The predicted octanol–water partition coefficient (Wildman–Crippen LogP) is 0.857. The monoisotopic (exact) mass is 350 g/mol. The maximum absolute atomic E-state index is 9.27. The second kappa shape index (κ2) is 6.77. The van der Waals surface area contributed by atoms with Crippen molar-refractivity contribution in [2.75, 3.05) is 41.7 Å². The second-order valence-corrected chi connectivity index (χ2v) is 6.90. The molecular formula is C18H22N8. The number of rotatable bonds is 3. The van der Waals surface area contributed by atoms with Crippen molar-refractivity contribution in [2.45, 2.75) is 24.8 Å². The number of hydrogen-bond donors (Lipinski definition) is 2. The van der Waals surface area contributed by atoms with Gasteiger partial charge in [-0.25, -0.2) is 9.97 Å². The molecular weight excluding hydrogens is 328 g/mol. The van der Waals surface area contributed by atoms with Gasteiger partial charge in [-0.1, -0.05) is 0 Å². The van der Waals surface area contributed by atoms with E-state index in [4.69, 9.17) is 11.5 Å². The highest BCUT2D eigenvalue weighted by molar-refractivity contribution is 5.55. The normalized spacial score (nSPS) is 22.6. The van der Waals surface area contributed by atoms with Crippen molar-refractivity contribution in [3.05, 3.63) is 35.7 Å². The van der Waals surface area contributed by atoms with Crippen LogP contribution in [0.15, 0.2) is 24.4 Å². The molecule has 1 aliphatic carbocycles. The van der Waals surface area contributed by atoms with Crippen LogP contribution in [-0.2, 0) is 0 Å². The first-order valence-corrected chi connectivity index (χ1v) is 8.89. The van der Waals surface area contributed by atoms with E-state index in [1.54, 1.807) is 18.3 Å². The summed E-state index contributed by atoms with van der Waals surface area (Å²) in [6, 6.07) is 8.12. The summed E-state index contributed by atoms with van der Waals surface area (Å²) in [5.74, 6) is 2.33. The largest absolute Gasteiger partial charge is 0.368 e. The molecule has 2 aliphatic rings. The van der Waals surface area contributed by atoms with Crippen LogP contribution in [0.5, 0.6) is 0 Å². The molecule has 0 spiro atoms. The maximum Gasteiger partial charge on any atom is 0.222 e. The minimum atomic E-state index is 0.274. The molecule has 1 saturated carbocycles. The molecule has 0 unspecified atom stereocenters. The summed E-state index contributed by atoms with van der Waals surface area (Å²) in [7, 11) is 0. The lowest BCUT2D eigenvalue weighted by Gasteiger charge is -2.37. The maximum atomic E-state index is 9.27. The summed E-state index contributed by atoms with van der Waals surface area (Å²) in [5.41, 5.74) is 13.4. The topological polar surface area (TPSA) is 121 Å². The summed E-state index contributed by atoms with van der Waals surface area (Å²) in [6.07, 6.45) is 3.64. The third-order valence-electron chi connectivity index (χ3n) is 5.15. The SMILES string of the molecule is N#Cc1cccnc1N1CCN(c2cc(C3CC(N)C3)nc(N)n2)CC1. The van der Waals surface area contributed by atoms with Crippen LogP contribution in [0.4, 0.5) is 17.6 Å². The van der Waals surface area contributed by atoms with Gasteiger partial charge in [0.2, 0.25) is 5.95 Å². The summed E-state index contributed by atoms with van der Waals surface area (Å²) in [6.45, 7) is 3.14. The molecule has 134 valence electrons. The van der Waals surface area contributed by atoms with Gasteiger partial charge >= 0.3 is 0 Å². The Balaban J connectivity index is 1.47. The van der Waals surface area contributed by atoms with E-state index in [9.17, 15) is 5.26 Å². The Morgan fingerprint density at radius 2 is 1.85 bits per heavy atom. The van der Waals surface area contributed by atoms with Gasteiger partial charge in [0.05, 0.1) is 11.3 Å². The molecule has 4 rings (SSSR count). The van der Waals surface area contributed by atoms with E-state index in [2.05, 4.69) is 30.8 Å². The number of aromatic nitrogens is 3. The molecule has 3 heterocycles. The number of nitrogens with two attached hydrogens (primary N) is 2.